The van der Waals surface area contributed by atoms with Gasteiger partial charge in [0.1, 0.15) is 11.9 Å². The van der Waals surface area contributed by atoms with Crippen LogP contribution in [0.5, 0.6) is 0 Å². The number of aliphatic imine (C=N–C) groups is 1. The molecule has 0 bridgehead atoms. The number of rotatable bonds is 9. The van der Waals surface area contributed by atoms with Gasteiger partial charge in [0, 0.05) is 47.2 Å². The van der Waals surface area contributed by atoms with Gasteiger partial charge in [-0.3, -0.25) is 14.7 Å². The highest BCUT2D eigenvalue weighted by atomic mass is 79.9. The van der Waals surface area contributed by atoms with E-state index in [0.29, 0.717) is 15.0 Å². The fourth-order valence-corrected chi connectivity index (χ4v) is 5.53. The number of hydrogen-bond acceptors (Lipinski definition) is 9. The van der Waals surface area contributed by atoms with Gasteiger partial charge in [-0.2, -0.15) is 0 Å². The van der Waals surface area contributed by atoms with Crippen LogP contribution in [0.4, 0.5) is 13.2 Å². The van der Waals surface area contributed by atoms with Crippen molar-refractivity contribution in [1.82, 2.24) is 15.2 Å². The molecule has 1 saturated heterocycles. The van der Waals surface area contributed by atoms with E-state index < -0.39 is 54.4 Å². The summed E-state index contributed by atoms with van der Waals surface area (Å²) in [6.45, 7) is 0.452. The summed E-state index contributed by atoms with van der Waals surface area (Å²) < 4.78 is 49.0. The fourth-order valence-electron chi connectivity index (χ4n) is 4.37. The summed E-state index contributed by atoms with van der Waals surface area (Å²) in [7, 11) is 0. The van der Waals surface area contributed by atoms with E-state index >= 15 is 0 Å². The van der Waals surface area contributed by atoms with E-state index in [2.05, 4.69) is 31.2 Å². The van der Waals surface area contributed by atoms with Gasteiger partial charge in [-0.1, -0.05) is 22.0 Å². The number of carbonyl (C=O) groups is 3. The molecule has 202 valence electrons. The zero-order valence-corrected chi connectivity index (χ0v) is 22.3. The molecule has 0 radical (unpaired) electrons. The van der Waals surface area contributed by atoms with Crippen molar-refractivity contribution in [2.45, 2.75) is 25.3 Å². The molecule has 3 heterocycles. The largest absolute Gasteiger partial charge is 0.476 e. The van der Waals surface area contributed by atoms with Crippen LogP contribution >= 0.6 is 27.3 Å². The molecule has 2 aliphatic rings. The highest BCUT2D eigenvalue weighted by Crippen LogP contribution is 2.39. The Morgan fingerprint density at radius 1 is 1.34 bits per heavy atom. The first-order chi connectivity index (χ1) is 18.0. The number of likely N-dealkylation sites (tertiary alicyclic amines) is 1. The normalized spacial score (nSPS) is 21.1. The first kappa shape index (κ1) is 27.9. The predicted molar refractivity (Wildman–Crippen MR) is 134 cm³/mol. The molecule has 0 aliphatic carbocycles. The van der Waals surface area contributed by atoms with E-state index in [0.717, 1.165) is 0 Å². The number of Topliss-reactive ketones (excluding diaryl/α,β-unsaturated/α-hetero) is 1. The minimum absolute atomic E-state index is 0.0388. The van der Waals surface area contributed by atoms with Gasteiger partial charge in [0.05, 0.1) is 18.7 Å². The van der Waals surface area contributed by atoms with Crippen LogP contribution in [0.1, 0.15) is 30.0 Å². The second kappa shape index (κ2) is 11.3. The Morgan fingerprint density at radius 2 is 2.11 bits per heavy atom. The standard InChI is InChI=1S/C24H22BrF3N4O5S/c1-2-37-23(36)18-16(10-32-9-12(24(27,28)11-32)7-17(33)22(34)35)30-20(21-29-5-6-38-21)31-19(18)14-4-3-13(26)8-15(14)25/h3-6,8,12,19H,2,7,9-11H2,1H3,(H,30,31)(H,34,35). The number of aromatic nitrogens is 1. The Kier molecular flexibility index (Phi) is 8.33. The molecule has 2 aromatic rings. The quantitative estimate of drug-likeness (QED) is 0.325. The number of aliphatic carboxylic acids is 1. The van der Waals surface area contributed by atoms with Gasteiger partial charge in [-0.15, -0.1) is 11.3 Å². The van der Waals surface area contributed by atoms with Crippen molar-refractivity contribution in [3.8, 4) is 0 Å². The zero-order chi connectivity index (χ0) is 27.6. The molecule has 1 aromatic heterocycles. The number of esters is 1. The molecular weight excluding hydrogens is 593 g/mol. The number of nitrogens with zero attached hydrogens (tertiary/aromatic N) is 3. The van der Waals surface area contributed by atoms with Gasteiger partial charge >= 0.3 is 11.9 Å². The summed E-state index contributed by atoms with van der Waals surface area (Å²) in [6.07, 6.45) is 0.745. The number of hydrogen-bond donors (Lipinski definition) is 2. The predicted octanol–water partition coefficient (Wildman–Crippen LogP) is 3.56. The van der Waals surface area contributed by atoms with Gasteiger partial charge in [0.15, 0.2) is 10.8 Å². The third-order valence-electron chi connectivity index (χ3n) is 6.08. The molecule has 1 fully saturated rings. The number of alkyl halides is 2. The second-order valence-electron chi connectivity index (χ2n) is 8.68. The van der Waals surface area contributed by atoms with E-state index in [4.69, 9.17) is 9.84 Å². The molecule has 38 heavy (non-hydrogen) atoms. The Hall–Kier alpha value is -3.10. The molecule has 2 atom stereocenters. The molecule has 0 saturated carbocycles. The van der Waals surface area contributed by atoms with Gasteiger partial charge in [0.2, 0.25) is 5.78 Å². The van der Waals surface area contributed by atoms with Gasteiger partial charge in [-0.05, 0) is 24.6 Å². The van der Waals surface area contributed by atoms with Crippen molar-refractivity contribution in [3.05, 3.63) is 61.9 Å². The monoisotopic (exact) mass is 614 g/mol. The Morgan fingerprint density at radius 3 is 2.74 bits per heavy atom. The Bertz CT molecular complexity index is 1320. The van der Waals surface area contributed by atoms with Crippen molar-refractivity contribution < 1.29 is 37.4 Å². The third kappa shape index (κ3) is 5.97. The molecule has 0 spiro atoms. The fraction of sp³-hybridized carbons (Fsp3) is 0.375. The number of carboxylic acid groups (broad SMARTS) is 1. The van der Waals surface area contributed by atoms with E-state index in [1.54, 1.807) is 18.5 Å². The number of amidine groups is 1. The van der Waals surface area contributed by atoms with Crippen molar-refractivity contribution in [2.24, 2.45) is 10.9 Å². The topological polar surface area (TPSA) is 121 Å². The average molecular weight is 615 g/mol. The lowest BCUT2D eigenvalue weighted by Crippen LogP contribution is -2.39. The Balaban J connectivity index is 1.75. The molecule has 2 N–H and O–H groups in total. The zero-order valence-electron chi connectivity index (χ0n) is 19.9. The summed E-state index contributed by atoms with van der Waals surface area (Å²) in [5, 5.41) is 14.1. The number of ether oxygens (including phenoxy) is 1. The minimum atomic E-state index is -3.32. The van der Waals surface area contributed by atoms with Gasteiger partial charge < -0.3 is 15.2 Å². The average Bonchev–Trinajstić information content (AvgIpc) is 3.46. The maximum atomic E-state index is 14.8. The van der Waals surface area contributed by atoms with Crippen molar-refractivity contribution >= 4 is 50.8 Å². The smallest absolute Gasteiger partial charge is 0.372 e. The number of thiazole rings is 1. The number of halogens is 4. The van der Waals surface area contributed by atoms with Crippen LogP contribution in [0.3, 0.4) is 0 Å². The number of ketones is 1. The van der Waals surface area contributed by atoms with Crippen LogP contribution in [-0.2, 0) is 19.1 Å². The summed E-state index contributed by atoms with van der Waals surface area (Å²) in [5.74, 6) is -8.85. The van der Waals surface area contributed by atoms with Crippen molar-refractivity contribution in [3.63, 3.8) is 0 Å². The first-order valence-electron chi connectivity index (χ1n) is 11.5. The molecule has 9 nitrogen and oxygen atoms in total. The van der Waals surface area contributed by atoms with E-state index in [1.165, 1.54) is 34.4 Å². The van der Waals surface area contributed by atoms with Crippen LogP contribution in [0, 0.1) is 11.7 Å². The molecule has 14 heteroatoms. The number of nitrogens with one attached hydrogen (secondary N) is 1. The van der Waals surface area contributed by atoms with Gasteiger partial charge in [0.25, 0.3) is 5.92 Å². The van der Waals surface area contributed by atoms with Gasteiger partial charge in [-0.25, -0.2) is 27.7 Å². The summed E-state index contributed by atoms with van der Waals surface area (Å²) in [5.41, 5.74) is 0.720. The van der Waals surface area contributed by atoms with E-state index in [1.807, 2.05) is 0 Å². The highest BCUT2D eigenvalue weighted by Gasteiger charge is 2.49. The lowest BCUT2D eigenvalue weighted by Gasteiger charge is -2.29. The SMILES string of the molecule is CCOC(=O)C1=C(CN2CC(CC(=O)C(=O)O)C(F)(F)C2)NC(c2nccs2)=NC1c1ccc(F)cc1Br. The molecule has 2 unspecified atom stereocenters. The van der Waals surface area contributed by atoms with Crippen molar-refractivity contribution in [1.29, 1.82) is 0 Å². The lowest BCUT2D eigenvalue weighted by molar-refractivity contribution is -0.150. The molecular formula is C24H22BrF3N4O5S. The van der Waals surface area contributed by atoms with Crippen molar-refractivity contribution in [2.75, 3.05) is 26.2 Å². The number of benzene rings is 1. The summed E-state index contributed by atoms with van der Waals surface area (Å²) >= 11 is 4.59. The number of carbonyl (C=O) groups excluding carboxylic acids is 2. The Labute approximate surface area is 227 Å². The molecule has 0 amide bonds. The van der Waals surface area contributed by atoms with Crippen LogP contribution in [0.2, 0.25) is 0 Å². The highest BCUT2D eigenvalue weighted by molar-refractivity contribution is 9.10. The third-order valence-corrected chi connectivity index (χ3v) is 7.54. The minimum Gasteiger partial charge on any atom is -0.476 e. The van der Waals surface area contributed by atoms with E-state index in [-0.39, 0.29) is 36.8 Å². The van der Waals surface area contributed by atoms with E-state index in [9.17, 15) is 27.6 Å². The lowest BCUT2D eigenvalue weighted by atomic mass is 9.95. The maximum absolute atomic E-state index is 14.8. The molecule has 2 aliphatic heterocycles. The number of carboxylic acids is 1. The molecule has 1 aromatic carbocycles. The summed E-state index contributed by atoms with van der Waals surface area (Å²) in [4.78, 5) is 46.0. The second-order valence-corrected chi connectivity index (χ2v) is 10.4. The first-order valence-corrected chi connectivity index (χ1v) is 13.1. The van der Waals surface area contributed by atoms with Crippen LogP contribution in [0.25, 0.3) is 0 Å². The van der Waals surface area contributed by atoms with Crippen LogP contribution < -0.4 is 5.32 Å². The van der Waals surface area contributed by atoms with Crippen LogP contribution in [0.15, 0.2) is 50.5 Å². The van der Waals surface area contributed by atoms with Crippen LogP contribution in [-0.4, -0.2) is 70.7 Å². The molecule has 4 rings (SSSR count). The summed E-state index contributed by atoms with van der Waals surface area (Å²) in [6, 6.07) is 2.93. The maximum Gasteiger partial charge on any atom is 0.372 e.